The van der Waals surface area contributed by atoms with Crippen molar-refractivity contribution in [3.63, 3.8) is 0 Å². The minimum Gasteiger partial charge on any atom is -0.479 e. The fraction of sp³-hybridized carbons (Fsp3) is 0.182. The molecular weight excluding hydrogens is 246 g/mol. The third-order valence-corrected chi connectivity index (χ3v) is 2.68. The topological polar surface area (TPSA) is 105 Å². The Labute approximate surface area is 108 Å². The van der Waals surface area contributed by atoms with Crippen molar-refractivity contribution < 1.29 is 4.74 Å². The third kappa shape index (κ3) is 1.92. The Morgan fingerprint density at radius 3 is 2.89 bits per heavy atom. The van der Waals surface area contributed by atoms with Gasteiger partial charge in [0.25, 0.3) is 0 Å². The van der Waals surface area contributed by atoms with Crippen LogP contribution in [0.1, 0.15) is 5.69 Å². The maximum absolute atomic E-state index is 5.91. The normalized spacial score (nSPS) is 10.8. The summed E-state index contributed by atoms with van der Waals surface area (Å²) >= 11 is 0. The molecule has 19 heavy (non-hydrogen) atoms. The van der Waals surface area contributed by atoms with E-state index in [0.29, 0.717) is 29.5 Å². The van der Waals surface area contributed by atoms with Gasteiger partial charge in [-0.3, -0.25) is 4.57 Å². The number of imidazole rings is 1. The summed E-state index contributed by atoms with van der Waals surface area (Å²) in [5, 5.41) is 0. The van der Waals surface area contributed by atoms with Gasteiger partial charge >= 0.3 is 0 Å². The van der Waals surface area contributed by atoms with Crippen molar-refractivity contribution in [2.24, 2.45) is 0 Å². The second kappa shape index (κ2) is 4.48. The molecule has 2 N–H and O–H groups in total. The van der Waals surface area contributed by atoms with E-state index in [1.54, 1.807) is 10.8 Å². The van der Waals surface area contributed by atoms with E-state index < -0.39 is 0 Å². The number of fused-ring (bicyclic) bond motifs is 1. The quantitative estimate of drug-likeness (QED) is 0.717. The zero-order valence-electron chi connectivity index (χ0n) is 10.2. The van der Waals surface area contributed by atoms with Crippen LogP contribution < -0.4 is 10.5 Å². The Kier molecular flexibility index (Phi) is 2.67. The zero-order chi connectivity index (χ0) is 13.2. The first kappa shape index (κ1) is 11.3. The van der Waals surface area contributed by atoms with Crippen molar-refractivity contribution >= 4 is 17.1 Å². The molecule has 0 saturated heterocycles. The van der Waals surface area contributed by atoms with Gasteiger partial charge in [-0.1, -0.05) is 0 Å². The van der Waals surface area contributed by atoms with Crippen LogP contribution in [0.5, 0.6) is 5.88 Å². The van der Waals surface area contributed by atoms with Crippen molar-refractivity contribution in [2.45, 2.75) is 6.54 Å². The molecule has 0 aromatic carbocycles. The van der Waals surface area contributed by atoms with Crippen LogP contribution in [0.4, 0.5) is 5.95 Å². The number of nitrogens with two attached hydrogens (primary N) is 1. The molecule has 0 atom stereocenters. The Morgan fingerprint density at radius 1 is 1.26 bits per heavy atom. The summed E-state index contributed by atoms with van der Waals surface area (Å²) < 4.78 is 6.89. The summed E-state index contributed by atoms with van der Waals surface area (Å²) in [4.78, 5) is 20.4. The first-order chi connectivity index (χ1) is 9.29. The van der Waals surface area contributed by atoms with Gasteiger partial charge in [-0.15, -0.1) is 0 Å². The molecule has 0 aliphatic heterocycles. The lowest BCUT2D eigenvalue weighted by Crippen LogP contribution is -2.06. The number of rotatable bonds is 3. The van der Waals surface area contributed by atoms with Crippen LogP contribution >= 0.6 is 0 Å². The highest BCUT2D eigenvalue weighted by molar-refractivity contribution is 5.78. The smallest absolute Gasteiger partial charge is 0.245 e. The molecule has 3 heterocycles. The molecule has 0 saturated carbocycles. The Balaban J connectivity index is 2.11. The average molecular weight is 257 g/mol. The highest BCUT2D eigenvalue weighted by atomic mass is 16.5. The van der Waals surface area contributed by atoms with Gasteiger partial charge in [0.2, 0.25) is 11.8 Å². The van der Waals surface area contributed by atoms with Crippen LogP contribution in [-0.4, -0.2) is 36.6 Å². The molecule has 8 heteroatoms. The van der Waals surface area contributed by atoms with Gasteiger partial charge in [-0.25, -0.2) is 19.9 Å². The highest BCUT2D eigenvalue weighted by Gasteiger charge is 2.14. The second-order valence-electron chi connectivity index (χ2n) is 3.81. The van der Waals surface area contributed by atoms with Crippen molar-refractivity contribution in [1.82, 2.24) is 29.5 Å². The number of nitrogens with zero attached hydrogens (tertiary/aromatic N) is 6. The summed E-state index contributed by atoms with van der Waals surface area (Å²) in [6.07, 6.45) is 4.58. The molecular formula is C11H11N7O. The van der Waals surface area contributed by atoms with Gasteiger partial charge in [0.15, 0.2) is 11.2 Å². The van der Waals surface area contributed by atoms with Gasteiger partial charge in [-0.05, 0) is 6.07 Å². The lowest BCUT2D eigenvalue weighted by Gasteiger charge is -2.04. The van der Waals surface area contributed by atoms with Crippen molar-refractivity contribution in [3.05, 3.63) is 30.6 Å². The first-order valence-electron chi connectivity index (χ1n) is 5.55. The van der Waals surface area contributed by atoms with Crippen LogP contribution in [0.3, 0.4) is 0 Å². The maximum Gasteiger partial charge on any atom is 0.245 e. The predicted octanol–water partition coefficient (Wildman–Crippen LogP) is 0.255. The molecule has 0 fully saturated rings. The monoisotopic (exact) mass is 257 g/mol. The van der Waals surface area contributed by atoms with Crippen molar-refractivity contribution in [3.8, 4) is 5.88 Å². The maximum atomic E-state index is 5.91. The number of anilines is 1. The zero-order valence-corrected chi connectivity index (χ0v) is 10.2. The first-order valence-corrected chi connectivity index (χ1v) is 5.55. The van der Waals surface area contributed by atoms with Crippen LogP contribution in [-0.2, 0) is 6.54 Å². The molecule has 3 aromatic rings. The van der Waals surface area contributed by atoms with E-state index in [1.807, 2.05) is 6.07 Å². The lowest BCUT2D eigenvalue weighted by molar-refractivity contribution is 0.401. The van der Waals surface area contributed by atoms with Crippen molar-refractivity contribution in [2.75, 3.05) is 12.8 Å². The van der Waals surface area contributed by atoms with Gasteiger partial charge in [-0.2, -0.15) is 4.98 Å². The van der Waals surface area contributed by atoms with E-state index in [0.717, 1.165) is 5.69 Å². The number of methoxy groups -OCH3 is 1. The standard InChI is InChI=1S/C11H11N7O/c1-19-10-8-9(15-6-16-10)18(11(12)17-8)4-7-2-3-13-5-14-7/h2-3,5-6H,4H2,1H3,(H2,12,17). The molecule has 3 rings (SSSR count). The number of hydrogen-bond donors (Lipinski definition) is 1. The number of nitrogen functional groups attached to an aromatic ring is 1. The van der Waals surface area contributed by atoms with Crippen LogP contribution in [0.15, 0.2) is 24.9 Å². The second-order valence-corrected chi connectivity index (χ2v) is 3.81. The van der Waals surface area contributed by atoms with Crippen LogP contribution in [0.2, 0.25) is 0 Å². The number of ether oxygens (including phenoxy) is 1. The molecule has 0 spiro atoms. The van der Waals surface area contributed by atoms with Crippen LogP contribution in [0.25, 0.3) is 11.2 Å². The largest absolute Gasteiger partial charge is 0.479 e. The summed E-state index contributed by atoms with van der Waals surface area (Å²) in [5.74, 6) is 0.741. The predicted molar refractivity (Wildman–Crippen MR) is 67.4 cm³/mol. The number of hydrogen-bond acceptors (Lipinski definition) is 7. The van der Waals surface area contributed by atoms with E-state index in [-0.39, 0.29) is 0 Å². The Hall–Kier alpha value is -2.77. The minimum absolute atomic E-state index is 0.340. The fourth-order valence-corrected chi connectivity index (χ4v) is 1.81. The number of aromatic nitrogens is 6. The van der Waals surface area contributed by atoms with E-state index in [4.69, 9.17) is 10.5 Å². The third-order valence-electron chi connectivity index (χ3n) is 2.68. The minimum atomic E-state index is 0.340. The molecule has 96 valence electrons. The summed E-state index contributed by atoms with van der Waals surface area (Å²) in [6, 6.07) is 1.81. The molecule has 0 radical (unpaired) electrons. The van der Waals surface area contributed by atoms with Gasteiger partial charge in [0, 0.05) is 6.20 Å². The lowest BCUT2D eigenvalue weighted by atomic mass is 10.4. The molecule has 3 aromatic heterocycles. The molecule has 0 bridgehead atoms. The summed E-state index contributed by atoms with van der Waals surface area (Å²) in [7, 11) is 1.53. The van der Waals surface area contributed by atoms with Gasteiger partial charge < -0.3 is 10.5 Å². The van der Waals surface area contributed by atoms with Crippen molar-refractivity contribution in [1.29, 1.82) is 0 Å². The fourth-order valence-electron chi connectivity index (χ4n) is 1.81. The highest BCUT2D eigenvalue weighted by Crippen LogP contribution is 2.23. The van der Waals surface area contributed by atoms with Crippen LogP contribution in [0, 0.1) is 0 Å². The Morgan fingerprint density at radius 2 is 2.16 bits per heavy atom. The molecule has 8 nitrogen and oxygen atoms in total. The average Bonchev–Trinajstić information content (AvgIpc) is 2.76. The summed E-state index contributed by atoms with van der Waals surface area (Å²) in [5.41, 5.74) is 7.88. The van der Waals surface area contributed by atoms with Gasteiger partial charge in [0.1, 0.15) is 12.7 Å². The SMILES string of the molecule is COc1ncnc2c1nc(N)n2Cc1ccncn1. The molecule has 0 amide bonds. The van der Waals surface area contributed by atoms with E-state index >= 15 is 0 Å². The molecule has 0 aliphatic carbocycles. The molecule has 0 aliphatic rings. The van der Waals surface area contributed by atoms with E-state index in [1.165, 1.54) is 19.8 Å². The molecule has 0 unspecified atom stereocenters. The Bertz CT molecular complexity index is 710. The van der Waals surface area contributed by atoms with E-state index in [9.17, 15) is 0 Å². The summed E-state index contributed by atoms with van der Waals surface area (Å²) in [6.45, 7) is 0.463. The van der Waals surface area contributed by atoms with E-state index in [2.05, 4.69) is 24.9 Å². The van der Waals surface area contributed by atoms with Gasteiger partial charge in [0.05, 0.1) is 19.3 Å².